The van der Waals surface area contributed by atoms with E-state index in [2.05, 4.69) is 63.9 Å². The molecule has 0 amide bonds. The Bertz CT molecular complexity index is 955. The summed E-state index contributed by atoms with van der Waals surface area (Å²) in [6, 6.07) is 0.246. The predicted molar refractivity (Wildman–Crippen MR) is 116 cm³/mol. The number of hydrogen-bond acceptors (Lipinski definition) is 5. The van der Waals surface area contributed by atoms with Crippen molar-refractivity contribution in [2.24, 2.45) is 10.4 Å². The van der Waals surface area contributed by atoms with Gasteiger partial charge in [-0.15, -0.1) is 0 Å². The molecule has 30 heavy (non-hydrogen) atoms. The van der Waals surface area contributed by atoms with Gasteiger partial charge in [-0.05, 0) is 36.8 Å². The Morgan fingerprint density at radius 2 is 2.27 bits per heavy atom. The van der Waals surface area contributed by atoms with E-state index < -0.39 is 5.97 Å². The zero-order chi connectivity index (χ0) is 20.6. The number of carboxylic acid groups (broad SMARTS) is 1. The molecule has 2 N–H and O–H groups in total. The Kier molecular flexibility index (Phi) is 4.83. The van der Waals surface area contributed by atoms with Gasteiger partial charge in [0.2, 0.25) is 0 Å². The van der Waals surface area contributed by atoms with Gasteiger partial charge in [0, 0.05) is 37.0 Å². The molecule has 2 aliphatic carbocycles. The number of rotatable bonds is 5. The number of carbonyl (C=O) groups is 1. The molecule has 0 aromatic heterocycles. The van der Waals surface area contributed by atoms with Gasteiger partial charge < -0.3 is 20.1 Å². The lowest BCUT2D eigenvalue weighted by atomic mass is 9.56. The van der Waals surface area contributed by atoms with Crippen LogP contribution in [0.3, 0.4) is 0 Å². The van der Waals surface area contributed by atoms with Gasteiger partial charge in [0.1, 0.15) is 6.61 Å². The lowest BCUT2D eigenvalue weighted by Gasteiger charge is -2.57. The molecule has 6 heteroatoms. The number of hydrogen-bond donors (Lipinski definition) is 2. The maximum absolute atomic E-state index is 10.8. The lowest BCUT2D eigenvalue weighted by Crippen LogP contribution is -2.66. The predicted octanol–water partition coefficient (Wildman–Crippen LogP) is 3.09. The summed E-state index contributed by atoms with van der Waals surface area (Å²) in [5, 5.41) is 12.8. The second-order valence-corrected chi connectivity index (χ2v) is 8.45. The van der Waals surface area contributed by atoms with Crippen molar-refractivity contribution in [3.63, 3.8) is 0 Å². The van der Waals surface area contributed by atoms with Crippen LogP contribution in [0.15, 0.2) is 76.8 Å². The monoisotopic (exact) mass is 405 g/mol. The molecule has 156 valence electrons. The molecule has 0 saturated carbocycles. The third-order valence-electron chi connectivity index (χ3n) is 6.83. The number of nitrogens with one attached hydrogen (secondary N) is 1. The molecule has 1 saturated heterocycles. The van der Waals surface area contributed by atoms with E-state index in [1.165, 1.54) is 16.8 Å². The van der Waals surface area contributed by atoms with Gasteiger partial charge in [-0.3, -0.25) is 4.99 Å². The van der Waals surface area contributed by atoms with E-state index in [-0.39, 0.29) is 23.6 Å². The fraction of sp³-hybridized carbons (Fsp3) is 0.417. The zero-order valence-electron chi connectivity index (χ0n) is 17.0. The number of fused-ring (bicyclic) bond motifs is 2. The van der Waals surface area contributed by atoms with Crippen LogP contribution in [0, 0.1) is 5.41 Å². The largest absolute Gasteiger partial charge is 0.480 e. The maximum Gasteiger partial charge on any atom is 0.329 e. The smallest absolute Gasteiger partial charge is 0.329 e. The normalized spacial score (nSPS) is 33.4. The highest BCUT2D eigenvalue weighted by Crippen LogP contribution is 2.58. The molecule has 6 nitrogen and oxygen atoms in total. The first-order valence-electron chi connectivity index (χ1n) is 10.7. The Hall–Kier alpha value is -2.70. The minimum atomic E-state index is -0.924. The van der Waals surface area contributed by atoms with Gasteiger partial charge in [0.05, 0.1) is 17.5 Å². The first-order chi connectivity index (χ1) is 14.6. The average Bonchev–Trinajstić information content (AvgIpc) is 2.87. The molecule has 3 heterocycles. The zero-order valence-corrected chi connectivity index (χ0v) is 17.0. The highest BCUT2D eigenvalue weighted by molar-refractivity contribution is 5.68. The fourth-order valence-electron chi connectivity index (χ4n) is 5.56. The Morgan fingerprint density at radius 1 is 1.37 bits per heavy atom. The van der Waals surface area contributed by atoms with Gasteiger partial charge in [-0.1, -0.05) is 42.5 Å². The quantitative estimate of drug-likeness (QED) is 0.688. The standard InChI is InChI=1S/C24H27N3O3/c28-22(29)17-30-14-8-19-7-11-23-9-3-4-10-24(23,26-19)20-6-2-1-5-18(20)16-27-13-12-25-15-21(23)27/h1,3-6,9-10,12,15-16,19,26H,2,7-8,11,13-14,17H2,(H,28,29). The van der Waals surface area contributed by atoms with Crippen molar-refractivity contribution in [2.45, 2.75) is 37.3 Å². The number of ether oxygens (including phenoxy) is 1. The Balaban J connectivity index is 1.54. The van der Waals surface area contributed by atoms with E-state index in [4.69, 9.17) is 9.84 Å². The van der Waals surface area contributed by atoms with Crippen molar-refractivity contribution in [1.82, 2.24) is 10.2 Å². The van der Waals surface area contributed by atoms with Crippen LogP contribution >= 0.6 is 0 Å². The number of piperidine rings is 1. The molecular formula is C24H27N3O3. The van der Waals surface area contributed by atoms with Crippen LogP contribution in [-0.2, 0) is 9.53 Å². The number of aliphatic imine (C=N–C) groups is 1. The van der Waals surface area contributed by atoms with Crippen LogP contribution in [0.25, 0.3) is 0 Å². The van der Waals surface area contributed by atoms with E-state index >= 15 is 0 Å². The number of aliphatic carboxylic acids is 1. The van der Waals surface area contributed by atoms with E-state index in [9.17, 15) is 4.79 Å². The minimum Gasteiger partial charge on any atom is -0.480 e. The second kappa shape index (κ2) is 7.52. The molecule has 5 rings (SSSR count). The highest BCUT2D eigenvalue weighted by Gasteiger charge is 2.59. The summed E-state index contributed by atoms with van der Waals surface area (Å²) >= 11 is 0. The molecule has 3 unspecified atom stereocenters. The second-order valence-electron chi connectivity index (χ2n) is 8.45. The van der Waals surface area contributed by atoms with E-state index in [1.807, 2.05) is 12.4 Å². The van der Waals surface area contributed by atoms with Crippen molar-refractivity contribution < 1.29 is 14.6 Å². The van der Waals surface area contributed by atoms with Gasteiger partial charge in [-0.25, -0.2) is 4.79 Å². The summed E-state index contributed by atoms with van der Waals surface area (Å²) in [7, 11) is 0. The number of nitrogens with zero attached hydrogens (tertiary/aromatic N) is 2. The first kappa shape index (κ1) is 19.3. The third-order valence-corrected chi connectivity index (χ3v) is 6.83. The molecule has 0 spiro atoms. The third kappa shape index (κ3) is 2.94. The molecule has 0 aromatic rings. The van der Waals surface area contributed by atoms with Crippen LogP contribution in [0.4, 0.5) is 0 Å². The van der Waals surface area contributed by atoms with Crippen LogP contribution < -0.4 is 5.32 Å². The van der Waals surface area contributed by atoms with E-state index in [0.717, 1.165) is 32.2 Å². The van der Waals surface area contributed by atoms with Crippen molar-refractivity contribution >= 4 is 12.2 Å². The Labute approximate surface area is 176 Å². The molecule has 0 bridgehead atoms. The van der Waals surface area contributed by atoms with Crippen molar-refractivity contribution in [1.29, 1.82) is 0 Å². The Morgan fingerprint density at radius 3 is 3.17 bits per heavy atom. The molecular weight excluding hydrogens is 378 g/mol. The molecule has 5 aliphatic rings. The van der Waals surface area contributed by atoms with Crippen molar-refractivity contribution in [3.05, 3.63) is 71.8 Å². The van der Waals surface area contributed by atoms with E-state index in [1.54, 1.807) is 0 Å². The minimum absolute atomic E-state index is 0.215. The molecule has 3 aliphatic heterocycles. The molecule has 1 fully saturated rings. The summed E-state index contributed by atoms with van der Waals surface area (Å²) in [5.74, 6) is -0.924. The van der Waals surface area contributed by atoms with Crippen molar-refractivity contribution in [3.8, 4) is 0 Å². The number of allylic oxidation sites excluding steroid dienone is 5. The van der Waals surface area contributed by atoms with E-state index in [0.29, 0.717) is 6.61 Å². The van der Waals surface area contributed by atoms with Crippen LogP contribution in [-0.4, -0.2) is 53.5 Å². The van der Waals surface area contributed by atoms with Crippen LogP contribution in [0.5, 0.6) is 0 Å². The SMILES string of the molecule is O=C(O)COCCC1CCC23C=CC=CC2(N1)C1=CCC=CC1=CN1CC=NC=C13. The van der Waals surface area contributed by atoms with Crippen LogP contribution in [0.1, 0.15) is 25.7 Å². The average molecular weight is 405 g/mol. The van der Waals surface area contributed by atoms with Gasteiger partial charge in [0.15, 0.2) is 0 Å². The first-order valence-corrected chi connectivity index (χ1v) is 10.7. The number of carboxylic acids is 1. The summed E-state index contributed by atoms with van der Waals surface area (Å²) in [5.41, 5.74) is 3.21. The summed E-state index contributed by atoms with van der Waals surface area (Å²) in [6.07, 6.45) is 25.7. The van der Waals surface area contributed by atoms with Crippen molar-refractivity contribution in [2.75, 3.05) is 19.8 Å². The summed E-state index contributed by atoms with van der Waals surface area (Å²) in [4.78, 5) is 17.6. The van der Waals surface area contributed by atoms with Crippen LogP contribution in [0.2, 0.25) is 0 Å². The maximum atomic E-state index is 10.8. The van der Waals surface area contributed by atoms with Gasteiger partial charge in [0.25, 0.3) is 0 Å². The highest BCUT2D eigenvalue weighted by atomic mass is 16.5. The molecule has 0 aromatic carbocycles. The molecule has 0 radical (unpaired) electrons. The molecule has 3 atom stereocenters. The summed E-state index contributed by atoms with van der Waals surface area (Å²) in [6.45, 7) is 0.971. The van der Waals surface area contributed by atoms with Gasteiger partial charge >= 0.3 is 5.97 Å². The topological polar surface area (TPSA) is 74.2 Å². The lowest BCUT2D eigenvalue weighted by molar-refractivity contribution is -0.142. The van der Waals surface area contributed by atoms with Gasteiger partial charge in [-0.2, -0.15) is 0 Å². The fourth-order valence-corrected chi connectivity index (χ4v) is 5.56. The summed E-state index contributed by atoms with van der Waals surface area (Å²) < 4.78 is 5.34.